The monoisotopic (exact) mass is 241 g/mol. The molecule has 1 aromatic carbocycles. The number of alkyl halides is 2. The molecule has 1 aromatic rings. The lowest BCUT2D eigenvalue weighted by Gasteiger charge is -2.25. The number of halogens is 2. The summed E-state index contributed by atoms with van der Waals surface area (Å²) in [7, 11) is 0. The number of nitrogens with two attached hydrogens (primary N) is 1. The lowest BCUT2D eigenvalue weighted by atomic mass is 10.1. The number of aliphatic hydroxyl groups excluding tert-OH is 1. The molecule has 0 aliphatic rings. The summed E-state index contributed by atoms with van der Waals surface area (Å²) in [5, 5.41) is 17.6. The van der Waals surface area contributed by atoms with Gasteiger partial charge in [0.2, 0.25) is 0 Å². The van der Waals surface area contributed by atoms with Crippen LogP contribution in [0.15, 0.2) is 18.2 Å². The second kappa shape index (κ2) is 6.01. The molecule has 0 heterocycles. The third kappa shape index (κ3) is 3.57. The van der Waals surface area contributed by atoms with Crippen LogP contribution in [0.2, 0.25) is 0 Å². The number of benzene rings is 1. The van der Waals surface area contributed by atoms with Crippen LogP contribution in [0.3, 0.4) is 0 Å². The van der Waals surface area contributed by atoms with Gasteiger partial charge in [-0.25, -0.2) is 8.78 Å². The van der Waals surface area contributed by atoms with E-state index in [0.29, 0.717) is 16.9 Å². The van der Waals surface area contributed by atoms with Crippen LogP contribution in [-0.4, -0.2) is 31.2 Å². The van der Waals surface area contributed by atoms with Gasteiger partial charge in [0.15, 0.2) is 0 Å². The number of nitrogens with zero attached hydrogens (tertiary/aromatic N) is 2. The van der Waals surface area contributed by atoms with Crippen LogP contribution >= 0.6 is 0 Å². The first kappa shape index (κ1) is 13.2. The molecule has 0 radical (unpaired) electrons. The first-order chi connectivity index (χ1) is 8.08. The second-order valence-electron chi connectivity index (χ2n) is 3.45. The van der Waals surface area contributed by atoms with Crippen molar-refractivity contribution in [1.82, 2.24) is 0 Å². The van der Waals surface area contributed by atoms with Crippen molar-refractivity contribution in [3.8, 4) is 6.07 Å². The van der Waals surface area contributed by atoms with Gasteiger partial charge in [-0.2, -0.15) is 5.26 Å². The zero-order valence-electron chi connectivity index (χ0n) is 9.11. The number of nitrogen functional groups attached to an aromatic ring is 1. The second-order valence-corrected chi connectivity index (χ2v) is 3.45. The number of nitriles is 1. The van der Waals surface area contributed by atoms with Crippen LogP contribution in [0.1, 0.15) is 5.56 Å². The van der Waals surface area contributed by atoms with Gasteiger partial charge < -0.3 is 15.7 Å². The molecule has 0 bridgehead atoms. The third-order valence-electron chi connectivity index (χ3n) is 2.23. The minimum absolute atomic E-state index is 0.0451. The molecule has 0 aromatic heterocycles. The van der Waals surface area contributed by atoms with Crippen LogP contribution < -0.4 is 10.6 Å². The van der Waals surface area contributed by atoms with Gasteiger partial charge >= 0.3 is 0 Å². The molecule has 0 atom stereocenters. The maximum atomic E-state index is 12.4. The van der Waals surface area contributed by atoms with Crippen molar-refractivity contribution in [3.05, 3.63) is 23.8 Å². The first-order valence-electron chi connectivity index (χ1n) is 5.02. The van der Waals surface area contributed by atoms with Gasteiger partial charge in [0, 0.05) is 6.54 Å². The summed E-state index contributed by atoms with van der Waals surface area (Å²) in [6, 6.07) is 6.35. The average molecular weight is 241 g/mol. The molecule has 0 spiro atoms. The molecule has 0 saturated heterocycles. The van der Waals surface area contributed by atoms with Crippen molar-refractivity contribution in [2.24, 2.45) is 0 Å². The fraction of sp³-hybridized carbons (Fsp3) is 0.364. The summed E-state index contributed by atoms with van der Waals surface area (Å²) < 4.78 is 24.8. The van der Waals surface area contributed by atoms with Crippen molar-refractivity contribution >= 4 is 11.4 Å². The van der Waals surface area contributed by atoms with Crippen LogP contribution in [0.5, 0.6) is 0 Å². The van der Waals surface area contributed by atoms with Crippen LogP contribution in [0.4, 0.5) is 20.2 Å². The molecule has 4 nitrogen and oxygen atoms in total. The summed E-state index contributed by atoms with van der Waals surface area (Å²) in [5.74, 6) is 0. The lowest BCUT2D eigenvalue weighted by molar-refractivity contribution is 0.153. The van der Waals surface area contributed by atoms with E-state index in [9.17, 15) is 8.78 Å². The normalized spacial score (nSPS) is 10.3. The van der Waals surface area contributed by atoms with Gasteiger partial charge in [-0.05, 0) is 18.2 Å². The standard InChI is InChI=1S/C11H13F2N3O/c12-11(13)7-16(3-4-17)10-5-8(6-14)1-2-9(10)15/h1-2,5,11,17H,3-4,7,15H2. The summed E-state index contributed by atoms with van der Waals surface area (Å²) in [5.41, 5.74) is 6.66. The molecule has 6 heteroatoms. The largest absolute Gasteiger partial charge is 0.397 e. The Hall–Kier alpha value is -1.87. The number of aliphatic hydroxyl groups is 1. The molecular weight excluding hydrogens is 228 g/mol. The Morgan fingerprint density at radius 1 is 1.47 bits per heavy atom. The van der Waals surface area contributed by atoms with E-state index >= 15 is 0 Å². The summed E-state index contributed by atoms with van der Waals surface area (Å²) in [6.07, 6.45) is -2.54. The number of hydrogen-bond donors (Lipinski definition) is 2. The quantitative estimate of drug-likeness (QED) is 0.760. The van der Waals surface area contributed by atoms with E-state index in [-0.39, 0.29) is 13.2 Å². The topological polar surface area (TPSA) is 73.3 Å². The number of rotatable bonds is 5. The molecule has 17 heavy (non-hydrogen) atoms. The van der Waals surface area contributed by atoms with E-state index in [1.54, 1.807) is 0 Å². The number of hydrogen-bond acceptors (Lipinski definition) is 4. The van der Waals surface area contributed by atoms with Gasteiger partial charge in [-0.1, -0.05) is 0 Å². The molecule has 1 rings (SSSR count). The molecule has 3 N–H and O–H groups in total. The van der Waals surface area contributed by atoms with Gasteiger partial charge in [0.05, 0.1) is 36.2 Å². The molecule has 0 unspecified atom stereocenters. The fourth-order valence-corrected chi connectivity index (χ4v) is 1.48. The minimum atomic E-state index is -2.54. The van der Waals surface area contributed by atoms with Gasteiger partial charge in [0.25, 0.3) is 6.43 Å². The Balaban J connectivity index is 3.04. The van der Waals surface area contributed by atoms with Crippen LogP contribution in [0.25, 0.3) is 0 Å². The molecule has 0 amide bonds. The van der Waals surface area contributed by atoms with E-state index in [4.69, 9.17) is 16.1 Å². The maximum Gasteiger partial charge on any atom is 0.255 e. The summed E-state index contributed by atoms with van der Waals surface area (Å²) in [6.45, 7) is -0.744. The Bertz CT molecular complexity index is 418. The van der Waals surface area contributed by atoms with Crippen molar-refractivity contribution in [1.29, 1.82) is 5.26 Å². The Morgan fingerprint density at radius 2 is 2.18 bits per heavy atom. The molecule has 0 fully saturated rings. The molecule has 0 aliphatic carbocycles. The highest BCUT2D eigenvalue weighted by molar-refractivity contribution is 5.69. The van der Waals surface area contributed by atoms with E-state index in [0.717, 1.165) is 0 Å². The lowest BCUT2D eigenvalue weighted by Crippen LogP contribution is -2.32. The zero-order chi connectivity index (χ0) is 12.8. The van der Waals surface area contributed by atoms with Crippen LogP contribution in [-0.2, 0) is 0 Å². The molecular formula is C11H13F2N3O. The van der Waals surface area contributed by atoms with Crippen molar-refractivity contribution in [2.45, 2.75) is 6.43 Å². The SMILES string of the molecule is N#Cc1ccc(N)c(N(CCO)CC(F)F)c1. The summed E-state index contributed by atoms with van der Waals surface area (Å²) >= 11 is 0. The van der Waals surface area contributed by atoms with Crippen molar-refractivity contribution in [2.75, 3.05) is 30.3 Å². The molecule has 92 valence electrons. The van der Waals surface area contributed by atoms with E-state index in [1.807, 2.05) is 6.07 Å². The Kier molecular flexibility index (Phi) is 4.67. The maximum absolute atomic E-state index is 12.4. The van der Waals surface area contributed by atoms with E-state index in [2.05, 4.69) is 0 Å². The van der Waals surface area contributed by atoms with Crippen molar-refractivity contribution < 1.29 is 13.9 Å². The van der Waals surface area contributed by atoms with Crippen LogP contribution in [0, 0.1) is 11.3 Å². The third-order valence-corrected chi connectivity index (χ3v) is 2.23. The summed E-state index contributed by atoms with van der Waals surface area (Å²) in [4.78, 5) is 1.26. The van der Waals surface area contributed by atoms with E-state index in [1.165, 1.54) is 23.1 Å². The smallest absolute Gasteiger partial charge is 0.255 e. The van der Waals surface area contributed by atoms with Crippen molar-refractivity contribution in [3.63, 3.8) is 0 Å². The minimum Gasteiger partial charge on any atom is -0.397 e. The zero-order valence-corrected chi connectivity index (χ0v) is 9.11. The van der Waals surface area contributed by atoms with Gasteiger partial charge in [-0.15, -0.1) is 0 Å². The van der Waals surface area contributed by atoms with Gasteiger partial charge in [0.1, 0.15) is 0 Å². The highest BCUT2D eigenvalue weighted by atomic mass is 19.3. The molecule has 0 saturated carbocycles. The van der Waals surface area contributed by atoms with E-state index < -0.39 is 13.0 Å². The predicted molar refractivity (Wildman–Crippen MR) is 60.9 cm³/mol. The number of anilines is 2. The highest BCUT2D eigenvalue weighted by Gasteiger charge is 2.15. The Labute approximate surface area is 97.9 Å². The molecule has 0 aliphatic heterocycles. The van der Waals surface area contributed by atoms with Gasteiger partial charge in [-0.3, -0.25) is 0 Å². The predicted octanol–water partition coefficient (Wildman–Crippen LogP) is 1.20. The fourth-order valence-electron chi connectivity index (χ4n) is 1.48. The Morgan fingerprint density at radius 3 is 2.71 bits per heavy atom. The average Bonchev–Trinajstić information content (AvgIpc) is 2.28. The highest BCUT2D eigenvalue weighted by Crippen LogP contribution is 2.24. The first-order valence-corrected chi connectivity index (χ1v) is 5.02.